The molecule has 88 valence electrons. The predicted molar refractivity (Wildman–Crippen MR) is 67.8 cm³/mol. The summed E-state index contributed by atoms with van der Waals surface area (Å²) >= 11 is 0. The molecule has 5 unspecified atom stereocenters. The van der Waals surface area contributed by atoms with Crippen LogP contribution in [-0.2, 0) is 0 Å². The maximum absolute atomic E-state index is 6.18. The zero-order chi connectivity index (χ0) is 11.2. The highest BCUT2D eigenvalue weighted by Gasteiger charge is 2.53. The van der Waals surface area contributed by atoms with Gasteiger partial charge in [0.25, 0.3) is 0 Å². The first kappa shape index (κ1) is 9.76. The van der Waals surface area contributed by atoms with Gasteiger partial charge in [-0.25, -0.2) is 0 Å². The van der Waals surface area contributed by atoms with E-state index in [0.717, 1.165) is 29.4 Å². The molecule has 4 rings (SSSR count). The summed E-state index contributed by atoms with van der Waals surface area (Å²) < 4.78 is 6.18. The van der Waals surface area contributed by atoms with E-state index in [2.05, 4.69) is 36.4 Å². The molecule has 1 heteroatoms. The van der Waals surface area contributed by atoms with Crippen LogP contribution in [0.2, 0.25) is 0 Å². The Morgan fingerprint density at radius 1 is 1.00 bits per heavy atom. The van der Waals surface area contributed by atoms with E-state index in [1.165, 1.54) is 19.3 Å². The van der Waals surface area contributed by atoms with Crippen molar-refractivity contribution < 1.29 is 4.74 Å². The first-order valence-corrected chi connectivity index (χ1v) is 6.80. The van der Waals surface area contributed by atoms with Gasteiger partial charge in [0.1, 0.15) is 11.9 Å². The Labute approximate surface area is 102 Å². The summed E-state index contributed by atoms with van der Waals surface area (Å²) in [5, 5.41) is 0. The Morgan fingerprint density at radius 3 is 2.76 bits per heavy atom. The van der Waals surface area contributed by atoms with Crippen LogP contribution in [0.5, 0.6) is 5.75 Å². The number of rotatable bonds is 2. The fourth-order valence-corrected chi connectivity index (χ4v) is 4.29. The van der Waals surface area contributed by atoms with Crippen molar-refractivity contribution in [2.45, 2.75) is 25.4 Å². The smallest absolute Gasteiger partial charge is 0.119 e. The van der Waals surface area contributed by atoms with Crippen molar-refractivity contribution in [3.8, 4) is 5.75 Å². The molecule has 0 aliphatic heterocycles. The molecule has 0 heterocycles. The highest BCUT2D eigenvalue weighted by Crippen LogP contribution is 2.57. The van der Waals surface area contributed by atoms with Crippen LogP contribution in [0.25, 0.3) is 0 Å². The Bertz CT molecular complexity index is 436. The summed E-state index contributed by atoms with van der Waals surface area (Å²) in [5.41, 5.74) is 0. The van der Waals surface area contributed by atoms with E-state index in [1.807, 2.05) is 6.07 Å². The van der Waals surface area contributed by atoms with Crippen molar-refractivity contribution in [2.24, 2.45) is 23.7 Å². The van der Waals surface area contributed by atoms with Gasteiger partial charge in [-0.05, 0) is 49.1 Å². The van der Waals surface area contributed by atoms with Crippen LogP contribution in [0, 0.1) is 23.7 Å². The average molecular weight is 226 g/mol. The lowest BCUT2D eigenvalue weighted by atomic mass is 9.80. The lowest BCUT2D eigenvalue weighted by Gasteiger charge is -2.31. The Hall–Kier alpha value is -1.24. The second-order valence-corrected chi connectivity index (χ2v) is 5.77. The van der Waals surface area contributed by atoms with Crippen LogP contribution in [-0.4, -0.2) is 6.10 Å². The lowest BCUT2D eigenvalue weighted by molar-refractivity contribution is 0.0955. The van der Waals surface area contributed by atoms with Gasteiger partial charge < -0.3 is 4.74 Å². The zero-order valence-corrected chi connectivity index (χ0v) is 9.96. The van der Waals surface area contributed by atoms with Gasteiger partial charge in [-0.3, -0.25) is 0 Å². The van der Waals surface area contributed by atoms with Crippen molar-refractivity contribution in [3.63, 3.8) is 0 Å². The number of ether oxygens (including phenoxy) is 1. The number of benzene rings is 1. The molecule has 0 aromatic heterocycles. The summed E-state index contributed by atoms with van der Waals surface area (Å²) in [7, 11) is 0. The Balaban J connectivity index is 1.53. The van der Waals surface area contributed by atoms with Gasteiger partial charge in [0.2, 0.25) is 0 Å². The van der Waals surface area contributed by atoms with Crippen LogP contribution < -0.4 is 4.74 Å². The average Bonchev–Trinajstić information content (AvgIpc) is 3.01. The molecular formula is C16H18O. The highest BCUT2D eigenvalue weighted by molar-refractivity contribution is 5.23. The van der Waals surface area contributed by atoms with Crippen molar-refractivity contribution in [1.29, 1.82) is 0 Å². The summed E-state index contributed by atoms with van der Waals surface area (Å²) in [6.07, 6.45) is 9.31. The fraction of sp³-hybridized carbons (Fsp3) is 0.500. The van der Waals surface area contributed by atoms with E-state index in [1.54, 1.807) is 0 Å². The Morgan fingerprint density at radius 2 is 1.88 bits per heavy atom. The molecule has 1 aromatic rings. The van der Waals surface area contributed by atoms with E-state index in [-0.39, 0.29) is 0 Å². The second-order valence-electron chi connectivity index (χ2n) is 5.77. The molecule has 2 fully saturated rings. The molecule has 0 saturated heterocycles. The quantitative estimate of drug-likeness (QED) is 0.699. The first-order valence-electron chi connectivity index (χ1n) is 6.80. The molecule has 1 nitrogen and oxygen atoms in total. The van der Waals surface area contributed by atoms with Crippen LogP contribution >= 0.6 is 0 Å². The lowest BCUT2D eigenvalue weighted by Crippen LogP contribution is -2.32. The monoisotopic (exact) mass is 226 g/mol. The van der Waals surface area contributed by atoms with Crippen LogP contribution in [0.4, 0.5) is 0 Å². The third-order valence-corrected chi connectivity index (χ3v) is 4.98. The van der Waals surface area contributed by atoms with E-state index in [4.69, 9.17) is 4.74 Å². The van der Waals surface area contributed by atoms with Gasteiger partial charge in [-0.1, -0.05) is 30.4 Å². The van der Waals surface area contributed by atoms with Gasteiger partial charge in [0.05, 0.1) is 0 Å². The van der Waals surface area contributed by atoms with Crippen LogP contribution in [0.15, 0.2) is 42.5 Å². The Kier molecular flexibility index (Phi) is 2.08. The van der Waals surface area contributed by atoms with Gasteiger partial charge in [0, 0.05) is 5.92 Å². The second kappa shape index (κ2) is 3.63. The number of allylic oxidation sites excluding steroid dienone is 2. The van der Waals surface area contributed by atoms with E-state index >= 15 is 0 Å². The number of para-hydroxylation sites is 1. The molecule has 0 spiro atoms. The minimum atomic E-state index is 0.464. The molecule has 17 heavy (non-hydrogen) atoms. The fourth-order valence-electron chi connectivity index (χ4n) is 4.29. The molecule has 2 saturated carbocycles. The summed E-state index contributed by atoms with van der Waals surface area (Å²) in [6.45, 7) is 0. The number of fused-ring (bicyclic) bond motifs is 5. The van der Waals surface area contributed by atoms with Gasteiger partial charge >= 0.3 is 0 Å². The van der Waals surface area contributed by atoms with Crippen LogP contribution in [0.1, 0.15) is 19.3 Å². The largest absolute Gasteiger partial charge is 0.490 e. The zero-order valence-electron chi connectivity index (χ0n) is 9.96. The summed E-state index contributed by atoms with van der Waals surface area (Å²) in [6, 6.07) is 10.3. The molecule has 3 aliphatic rings. The maximum Gasteiger partial charge on any atom is 0.119 e. The molecule has 3 aliphatic carbocycles. The molecule has 5 atom stereocenters. The maximum atomic E-state index is 6.18. The molecule has 0 N–H and O–H groups in total. The third kappa shape index (κ3) is 1.45. The molecule has 1 aromatic carbocycles. The van der Waals surface area contributed by atoms with E-state index in [9.17, 15) is 0 Å². The van der Waals surface area contributed by atoms with Gasteiger partial charge in [-0.15, -0.1) is 0 Å². The van der Waals surface area contributed by atoms with E-state index in [0.29, 0.717) is 6.10 Å². The SMILES string of the molecule is C1=CC2C(C1)C1CC(Oc3ccccc3)C2C1. The molecular weight excluding hydrogens is 208 g/mol. The van der Waals surface area contributed by atoms with Gasteiger partial charge in [-0.2, -0.15) is 0 Å². The van der Waals surface area contributed by atoms with Crippen molar-refractivity contribution in [2.75, 3.05) is 0 Å². The highest BCUT2D eigenvalue weighted by atomic mass is 16.5. The molecule has 0 radical (unpaired) electrons. The van der Waals surface area contributed by atoms with Crippen LogP contribution in [0.3, 0.4) is 0 Å². The molecule has 2 bridgehead atoms. The van der Waals surface area contributed by atoms with Crippen molar-refractivity contribution >= 4 is 0 Å². The summed E-state index contributed by atoms with van der Waals surface area (Å²) in [5.74, 6) is 4.53. The normalized spacial score (nSPS) is 41.8. The predicted octanol–water partition coefficient (Wildman–Crippen LogP) is 3.67. The topological polar surface area (TPSA) is 9.23 Å². The first-order chi connectivity index (χ1) is 8.42. The summed E-state index contributed by atoms with van der Waals surface area (Å²) in [4.78, 5) is 0. The number of hydrogen-bond donors (Lipinski definition) is 0. The minimum Gasteiger partial charge on any atom is -0.490 e. The number of hydrogen-bond acceptors (Lipinski definition) is 1. The molecule has 0 amide bonds. The minimum absolute atomic E-state index is 0.464. The van der Waals surface area contributed by atoms with Crippen molar-refractivity contribution in [1.82, 2.24) is 0 Å². The van der Waals surface area contributed by atoms with Crippen molar-refractivity contribution in [3.05, 3.63) is 42.5 Å². The van der Waals surface area contributed by atoms with Gasteiger partial charge in [0.15, 0.2) is 0 Å². The third-order valence-electron chi connectivity index (χ3n) is 4.98. The van der Waals surface area contributed by atoms with E-state index < -0.39 is 0 Å². The standard InChI is InChI=1S/C16H18O/c1-2-5-12(6-3-1)17-16-10-11-9-15(16)14-8-4-7-13(11)14/h1-6,8,11,13-16H,7,9-10H2.